The van der Waals surface area contributed by atoms with Crippen LogP contribution in [-0.2, 0) is 16.0 Å². The topological polar surface area (TPSA) is 67.9 Å². The van der Waals surface area contributed by atoms with Gasteiger partial charge in [0, 0.05) is 30.4 Å². The second-order valence-electron chi connectivity index (χ2n) is 6.62. The summed E-state index contributed by atoms with van der Waals surface area (Å²) in [5, 5.41) is 2.67. The van der Waals surface area contributed by atoms with Gasteiger partial charge >= 0.3 is 6.61 Å². The van der Waals surface area contributed by atoms with Crippen LogP contribution < -0.4 is 19.7 Å². The minimum Gasteiger partial charge on any atom is -0.493 e. The first kappa shape index (κ1) is 20.6. The number of nitrogens with zero attached hydrogens (tertiary/aromatic N) is 1. The number of benzene rings is 2. The van der Waals surface area contributed by atoms with Crippen molar-refractivity contribution in [1.82, 2.24) is 0 Å². The van der Waals surface area contributed by atoms with Crippen molar-refractivity contribution < 1.29 is 27.8 Å². The molecule has 1 N–H and O–H groups in total. The van der Waals surface area contributed by atoms with Gasteiger partial charge in [-0.15, -0.1) is 0 Å². The zero-order valence-corrected chi connectivity index (χ0v) is 16.2. The van der Waals surface area contributed by atoms with Crippen LogP contribution in [0.5, 0.6) is 11.5 Å². The second-order valence-corrected chi connectivity index (χ2v) is 6.62. The van der Waals surface area contributed by atoms with Crippen molar-refractivity contribution in [3.05, 3.63) is 48.0 Å². The molecule has 0 radical (unpaired) electrons. The third kappa shape index (κ3) is 4.64. The summed E-state index contributed by atoms with van der Waals surface area (Å²) in [6.07, 6.45) is 0.857. The Hall–Kier alpha value is -3.16. The number of nitrogens with one attached hydrogen (secondary N) is 1. The van der Waals surface area contributed by atoms with Crippen LogP contribution in [0, 0.1) is 5.92 Å². The summed E-state index contributed by atoms with van der Waals surface area (Å²) in [7, 11) is 1.33. The number of para-hydroxylation sites is 1. The van der Waals surface area contributed by atoms with Crippen LogP contribution in [0.15, 0.2) is 42.5 Å². The van der Waals surface area contributed by atoms with E-state index in [4.69, 9.17) is 4.74 Å². The maximum atomic E-state index is 12.7. The van der Waals surface area contributed by atoms with Crippen LogP contribution in [0.4, 0.5) is 20.2 Å². The van der Waals surface area contributed by atoms with Gasteiger partial charge < -0.3 is 19.7 Å². The highest BCUT2D eigenvalue weighted by molar-refractivity contribution is 6.04. The molecule has 1 atom stereocenters. The summed E-state index contributed by atoms with van der Waals surface area (Å²) < 4.78 is 34.6. The van der Waals surface area contributed by atoms with E-state index < -0.39 is 12.5 Å². The number of hydrogen-bond acceptors (Lipinski definition) is 4. The van der Waals surface area contributed by atoms with E-state index in [9.17, 15) is 18.4 Å². The number of rotatable bonds is 7. The largest absolute Gasteiger partial charge is 0.493 e. The highest BCUT2D eigenvalue weighted by atomic mass is 19.3. The van der Waals surface area contributed by atoms with Crippen LogP contribution in [0.3, 0.4) is 0 Å². The van der Waals surface area contributed by atoms with E-state index in [1.165, 1.54) is 25.3 Å². The molecule has 1 fully saturated rings. The summed E-state index contributed by atoms with van der Waals surface area (Å²) in [5.41, 5.74) is 2.13. The van der Waals surface area contributed by atoms with E-state index in [0.29, 0.717) is 0 Å². The van der Waals surface area contributed by atoms with Crippen molar-refractivity contribution in [2.24, 2.45) is 5.92 Å². The van der Waals surface area contributed by atoms with Gasteiger partial charge in [0.15, 0.2) is 11.5 Å². The molecule has 0 saturated carbocycles. The lowest BCUT2D eigenvalue weighted by atomic mass is 10.1. The fraction of sp³-hybridized carbons (Fsp3) is 0.333. The lowest BCUT2D eigenvalue weighted by Gasteiger charge is -2.20. The Kier molecular flexibility index (Phi) is 6.31. The third-order valence-corrected chi connectivity index (χ3v) is 4.81. The zero-order chi connectivity index (χ0) is 21.0. The van der Waals surface area contributed by atoms with E-state index in [1.54, 1.807) is 4.90 Å². The molecule has 3 rings (SSSR count). The Morgan fingerprint density at radius 1 is 1.24 bits per heavy atom. The van der Waals surface area contributed by atoms with E-state index >= 15 is 0 Å². The SMILES string of the molecule is CCc1ccccc1N1CC(C(=O)Nc2ccc(OC)c(OC(F)F)c2)CC1=O. The number of carbonyl (C=O) groups excluding carboxylic acids is 2. The highest BCUT2D eigenvalue weighted by Gasteiger charge is 2.35. The molecule has 29 heavy (non-hydrogen) atoms. The van der Waals surface area contributed by atoms with Gasteiger partial charge in [0.2, 0.25) is 11.8 Å². The third-order valence-electron chi connectivity index (χ3n) is 4.81. The molecular weight excluding hydrogens is 382 g/mol. The number of ether oxygens (including phenoxy) is 2. The van der Waals surface area contributed by atoms with Gasteiger partial charge in [-0.1, -0.05) is 25.1 Å². The summed E-state index contributed by atoms with van der Waals surface area (Å²) >= 11 is 0. The molecule has 2 amide bonds. The van der Waals surface area contributed by atoms with Gasteiger partial charge in [0.05, 0.1) is 13.0 Å². The van der Waals surface area contributed by atoms with E-state index in [-0.39, 0.29) is 42.0 Å². The minimum atomic E-state index is -3.02. The Bertz CT molecular complexity index is 904. The first-order valence-corrected chi connectivity index (χ1v) is 9.25. The predicted octanol–water partition coefficient (Wildman–Crippen LogP) is 3.85. The molecule has 154 valence electrons. The molecule has 1 unspecified atom stereocenters. The Morgan fingerprint density at radius 2 is 2.00 bits per heavy atom. The molecule has 1 aliphatic rings. The van der Waals surface area contributed by atoms with Crippen LogP contribution in [-0.4, -0.2) is 32.1 Å². The second kappa shape index (κ2) is 8.89. The molecule has 6 nitrogen and oxygen atoms in total. The van der Waals surface area contributed by atoms with Crippen LogP contribution in [0.2, 0.25) is 0 Å². The molecule has 1 aliphatic heterocycles. The average Bonchev–Trinajstić information content (AvgIpc) is 3.09. The number of anilines is 2. The Balaban J connectivity index is 1.73. The monoisotopic (exact) mass is 404 g/mol. The van der Waals surface area contributed by atoms with Crippen molar-refractivity contribution in [3.63, 3.8) is 0 Å². The standard InChI is InChI=1S/C21H22F2N2O4/c1-3-13-6-4-5-7-16(13)25-12-14(10-19(25)26)20(27)24-15-8-9-17(28-2)18(11-15)29-21(22)23/h4-9,11,14,21H,3,10,12H2,1-2H3,(H,24,27). The number of carbonyl (C=O) groups is 2. The Labute approximate surface area is 167 Å². The van der Waals surface area contributed by atoms with Crippen molar-refractivity contribution >= 4 is 23.2 Å². The summed E-state index contributed by atoms with van der Waals surface area (Å²) in [6.45, 7) is -0.751. The molecule has 2 aromatic carbocycles. The molecule has 2 aromatic rings. The molecule has 8 heteroatoms. The first-order chi connectivity index (χ1) is 13.9. The molecule has 0 bridgehead atoms. The molecule has 0 aliphatic carbocycles. The summed E-state index contributed by atoms with van der Waals surface area (Å²) in [4.78, 5) is 26.8. The van der Waals surface area contributed by atoms with Crippen molar-refractivity contribution in [2.45, 2.75) is 26.4 Å². The zero-order valence-electron chi connectivity index (χ0n) is 16.2. The van der Waals surface area contributed by atoms with Gasteiger partial charge in [0.25, 0.3) is 0 Å². The molecule has 1 saturated heterocycles. The number of hydrogen-bond donors (Lipinski definition) is 1. The molecule has 1 heterocycles. The number of alkyl halides is 2. The normalized spacial score (nSPS) is 16.2. The van der Waals surface area contributed by atoms with Gasteiger partial charge in [-0.2, -0.15) is 8.78 Å². The number of halogens is 2. The first-order valence-electron chi connectivity index (χ1n) is 9.25. The quantitative estimate of drug-likeness (QED) is 0.761. The smallest absolute Gasteiger partial charge is 0.387 e. The molecule has 0 aromatic heterocycles. The van der Waals surface area contributed by atoms with Gasteiger partial charge in [0.1, 0.15) is 0 Å². The predicted molar refractivity (Wildman–Crippen MR) is 105 cm³/mol. The molecule has 0 spiro atoms. The lowest BCUT2D eigenvalue weighted by molar-refractivity contribution is -0.122. The highest BCUT2D eigenvalue weighted by Crippen LogP contribution is 2.33. The van der Waals surface area contributed by atoms with Gasteiger partial charge in [-0.25, -0.2) is 0 Å². The van der Waals surface area contributed by atoms with Crippen molar-refractivity contribution in [3.8, 4) is 11.5 Å². The van der Waals surface area contributed by atoms with Crippen LogP contribution in [0.25, 0.3) is 0 Å². The minimum absolute atomic E-state index is 0.0838. The fourth-order valence-corrected chi connectivity index (χ4v) is 3.38. The van der Waals surface area contributed by atoms with E-state index in [0.717, 1.165) is 17.7 Å². The van der Waals surface area contributed by atoms with Gasteiger partial charge in [-0.05, 0) is 30.2 Å². The number of methoxy groups -OCH3 is 1. The van der Waals surface area contributed by atoms with E-state index in [1.807, 2.05) is 31.2 Å². The Morgan fingerprint density at radius 3 is 2.69 bits per heavy atom. The summed E-state index contributed by atoms with van der Waals surface area (Å²) in [5.74, 6) is -1.08. The maximum Gasteiger partial charge on any atom is 0.387 e. The lowest BCUT2D eigenvalue weighted by Crippen LogP contribution is -2.28. The van der Waals surface area contributed by atoms with Crippen molar-refractivity contribution in [2.75, 3.05) is 23.9 Å². The summed E-state index contributed by atoms with van der Waals surface area (Å²) in [6, 6.07) is 11.8. The van der Waals surface area contributed by atoms with Crippen LogP contribution >= 0.6 is 0 Å². The average molecular weight is 404 g/mol. The number of amides is 2. The number of aryl methyl sites for hydroxylation is 1. The van der Waals surface area contributed by atoms with Gasteiger partial charge in [-0.3, -0.25) is 9.59 Å². The van der Waals surface area contributed by atoms with Crippen LogP contribution in [0.1, 0.15) is 18.9 Å². The van der Waals surface area contributed by atoms with E-state index in [2.05, 4.69) is 10.1 Å². The maximum absolute atomic E-state index is 12.7. The van der Waals surface area contributed by atoms with Crippen molar-refractivity contribution in [1.29, 1.82) is 0 Å². The fourth-order valence-electron chi connectivity index (χ4n) is 3.38. The molecular formula is C21H22F2N2O4.